The van der Waals surface area contributed by atoms with Crippen LogP contribution in [0.25, 0.3) is 0 Å². The zero-order chi connectivity index (χ0) is 7.61. The summed E-state index contributed by atoms with van der Waals surface area (Å²) in [5.74, 6) is 3.06. The molecule has 1 rings (SSSR count). The first-order valence-electron chi connectivity index (χ1n) is 3.86. The summed E-state index contributed by atoms with van der Waals surface area (Å²) < 4.78 is 0. The molecule has 1 aliphatic carbocycles. The van der Waals surface area contributed by atoms with E-state index in [1.165, 1.54) is 6.42 Å². The molecule has 1 nitrogen and oxygen atoms in total. The lowest BCUT2D eigenvalue weighted by Gasteiger charge is -2.30. The Morgan fingerprint density at radius 2 is 2.40 bits per heavy atom. The van der Waals surface area contributed by atoms with Crippen LogP contribution in [-0.4, -0.2) is 10.7 Å². The predicted molar refractivity (Wildman–Crippen MR) is 41.4 cm³/mol. The van der Waals surface area contributed by atoms with E-state index >= 15 is 0 Å². The van der Waals surface area contributed by atoms with Gasteiger partial charge in [0.1, 0.15) is 5.60 Å². The van der Waals surface area contributed by atoms with Crippen molar-refractivity contribution in [2.24, 2.45) is 5.92 Å². The molecular weight excluding hydrogens is 124 g/mol. The molecular formula is C9H14O. The summed E-state index contributed by atoms with van der Waals surface area (Å²) in [7, 11) is 0. The smallest absolute Gasteiger partial charge is 0.125 e. The monoisotopic (exact) mass is 138 g/mol. The minimum absolute atomic E-state index is 0.592. The van der Waals surface area contributed by atoms with Gasteiger partial charge in [-0.3, -0.25) is 0 Å². The molecule has 0 aromatic carbocycles. The molecule has 0 heterocycles. The van der Waals surface area contributed by atoms with E-state index in [9.17, 15) is 5.11 Å². The summed E-state index contributed by atoms with van der Waals surface area (Å²) >= 11 is 0. The zero-order valence-corrected chi connectivity index (χ0v) is 6.43. The lowest BCUT2D eigenvalue weighted by Crippen LogP contribution is -2.32. The van der Waals surface area contributed by atoms with Gasteiger partial charge in [0, 0.05) is 0 Å². The number of aliphatic hydroxyl groups is 1. The fraction of sp³-hybridized carbons (Fsp3) is 0.778. The summed E-state index contributed by atoms with van der Waals surface area (Å²) in [5, 5.41) is 9.61. The Morgan fingerprint density at radius 1 is 1.70 bits per heavy atom. The largest absolute Gasteiger partial charge is 0.378 e. The van der Waals surface area contributed by atoms with Crippen LogP contribution >= 0.6 is 0 Å². The molecule has 0 spiro atoms. The molecule has 1 fully saturated rings. The van der Waals surface area contributed by atoms with Crippen LogP contribution < -0.4 is 0 Å². The maximum Gasteiger partial charge on any atom is 0.125 e. The fourth-order valence-electron chi connectivity index (χ4n) is 1.65. The predicted octanol–water partition coefficient (Wildman–Crippen LogP) is 1.56. The summed E-state index contributed by atoms with van der Waals surface area (Å²) in [6.07, 6.45) is 9.05. The van der Waals surface area contributed by atoms with Crippen LogP contribution in [-0.2, 0) is 0 Å². The van der Waals surface area contributed by atoms with Gasteiger partial charge < -0.3 is 5.11 Å². The minimum atomic E-state index is -0.780. The topological polar surface area (TPSA) is 20.2 Å². The standard InChI is InChI=1S/C9H14O/c1-3-9(10)6-4-5-8(2)7-9/h1,8,10H,4-7H2,2H3/t8-,9?/m1/s1. The van der Waals surface area contributed by atoms with Crippen molar-refractivity contribution in [3.8, 4) is 12.3 Å². The first kappa shape index (κ1) is 7.63. The van der Waals surface area contributed by atoms with E-state index in [2.05, 4.69) is 12.8 Å². The molecule has 1 aliphatic rings. The normalized spacial score (nSPS) is 40.7. The highest BCUT2D eigenvalue weighted by Gasteiger charge is 2.29. The van der Waals surface area contributed by atoms with Crippen molar-refractivity contribution in [1.29, 1.82) is 0 Å². The van der Waals surface area contributed by atoms with Crippen LogP contribution in [0.15, 0.2) is 0 Å². The highest BCUT2D eigenvalue weighted by Crippen LogP contribution is 2.31. The summed E-state index contributed by atoms with van der Waals surface area (Å²) in [4.78, 5) is 0. The van der Waals surface area contributed by atoms with Crippen molar-refractivity contribution in [2.75, 3.05) is 0 Å². The van der Waals surface area contributed by atoms with E-state index in [0.29, 0.717) is 5.92 Å². The van der Waals surface area contributed by atoms with Crippen molar-refractivity contribution in [2.45, 2.75) is 38.2 Å². The molecule has 1 heteroatoms. The molecule has 0 aromatic rings. The first-order chi connectivity index (χ1) is 4.66. The molecule has 56 valence electrons. The van der Waals surface area contributed by atoms with Gasteiger partial charge in [-0.05, 0) is 25.2 Å². The second kappa shape index (κ2) is 2.64. The van der Waals surface area contributed by atoms with Crippen molar-refractivity contribution in [1.82, 2.24) is 0 Å². The summed E-state index contributed by atoms with van der Waals surface area (Å²) in [6.45, 7) is 2.14. The van der Waals surface area contributed by atoms with Gasteiger partial charge in [-0.15, -0.1) is 6.42 Å². The molecule has 10 heavy (non-hydrogen) atoms. The maximum absolute atomic E-state index is 9.61. The third kappa shape index (κ3) is 1.52. The van der Waals surface area contributed by atoms with Gasteiger partial charge in [0.05, 0.1) is 0 Å². The van der Waals surface area contributed by atoms with Crippen LogP contribution in [0.5, 0.6) is 0 Å². The van der Waals surface area contributed by atoms with Gasteiger partial charge in [0.25, 0.3) is 0 Å². The highest BCUT2D eigenvalue weighted by molar-refractivity contribution is 5.08. The van der Waals surface area contributed by atoms with E-state index < -0.39 is 5.60 Å². The van der Waals surface area contributed by atoms with Crippen molar-refractivity contribution >= 4 is 0 Å². The lowest BCUT2D eigenvalue weighted by atomic mass is 9.79. The van der Waals surface area contributed by atoms with Gasteiger partial charge in [0.2, 0.25) is 0 Å². The van der Waals surface area contributed by atoms with Crippen molar-refractivity contribution < 1.29 is 5.11 Å². The number of rotatable bonds is 0. The molecule has 1 unspecified atom stereocenters. The van der Waals surface area contributed by atoms with Gasteiger partial charge >= 0.3 is 0 Å². The number of terminal acetylenes is 1. The van der Waals surface area contributed by atoms with Gasteiger partial charge in [0.15, 0.2) is 0 Å². The second-order valence-corrected chi connectivity index (χ2v) is 3.38. The molecule has 0 saturated heterocycles. The van der Waals surface area contributed by atoms with Crippen LogP contribution in [0.1, 0.15) is 32.6 Å². The van der Waals surface area contributed by atoms with E-state index in [-0.39, 0.29) is 0 Å². The van der Waals surface area contributed by atoms with Crippen molar-refractivity contribution in [3.05, 3.63) is 0 Å². The molecule has 0 radical (unpaired) electrons. The van der Waals surface area contributed by atoms with Crippen LogP contribution in [0, 0.1) is 18.3 Å². The van der Waals surface area contributed by atoms with Gasteiger partial charge in [-0.1, -0.05) is 19.3 Å². The van der Waals surface area contributed by atoms with Gasteiger partial charge in [-0.2, -0.15) is 0 Å². The fourth-order valence-corrected chi connectivity index (χ4v) is 1.65. The maximum atomic E-state index is 9.61. The molecule has 0 bridgehead atoms. The first-order valence-corrected chi connectivity index (χ1v) is 3.86. The van der Waals surface area contributed by atoms with Crippen molar-refractivity contribution in [3.63, 3.8) is 0 Å². The third-order valence-electron chi connectivity index (χ3n) is 2.24. The lowest BCUT2D eigenvalue weighted by molar-refractivity contribution is 0.0412. The molecule has 2 atom stereocenters. The minimum Gasteiger partial charge on any atom is -0.378 e. The molecule has 0 aromatic heterocycles. The third-order valence-corrected chi connectivity index (χ3v) is 2.24. The average molecular weight is 138 g/mol. The van der Waals surface area contributed by atoms with E-state index in [1.807, 2.05) is 0 Å². The Kier molecular flexibility index (Phi) is 2.01. The van der Waals surface area contributed by atoms with Crippen LogP contribution in [0.4, 0.5) is 0 Å². The molecule has 0 amide bonds. The molecule has 0 aliphatic heterocycles. The number of hydrogen-bond donors (Lipinski definition) is 1. The average Bonchev–Trinajstić information content (AvgIpc) is 1.88. The number of hydrogen-bond acceptors (Lipinski definition) is 1. The van der Waals surface area contributed by atoms with E-state index in [4.69, 9.17) is 6.42 Å². The summed E-state index contributed by atoms with van der Waals surface area (Å²) in [5.41, 5.74) is -0.780. The quantitative estimate of drug-likeness (QED) is 0.504. The van der Waals surface area contributed by atoms with Crippen LogP contribution in [0.3, 0.4) is 0 Å². The van der Waals surface area contributed by atoms with E-state index in [0.717, 1.165) is 19.3 Å². The molecule has 1 N–H and O–H groups in total. The van der Waals surface area contributed by atoms with Gasteiger partial charge in [-0.25, -0.2) is 0 Å². The Bertz CT molecular complexity index is 157. The Labute approximate surface area is 62.4 Å². The Hall–Kier alpha value is -0.480. The SMILES string of the molecule is C#CC1(O)CCC[C@@H](C)C1. The van der Waals surface area contributed by atoms with E-state index in [1.54, 1.807) is 0 Å². The van der Waals surface area contributed by atoms with Crippen LogP contribution in [0.2, 0.25) is 0 Å². The molecule has 1 saturated carbocycles. The Morgan fingerprint density at radius 3 is 2.80 bits per heavy atom. The zero-order valence-electron chi connectivity index (χ0n) is 6.43. The Balaban J connectivity index is 2.56. The second-order valence-electron chi connectivity index (χ2n) is 3.38. The summed E-state index contributed by atoms with van der Waals surface area (Å²) in [6, 6.07) is 0. The highest BCUT2D eigenvalue weighted by atomic mass is 16.3.